The number of benzene rings is 3. The fourth-order valence-corrected chi connectivity index (χ4v) is 5.09. The maximum atomic E-state index is 10.4. The van der Waals surface area contributed by atoms with Gasteiger partial charge in [0.05, 0.1) is 18.9 Å². The molecular formula is C32H41N3O4. The number of nitrogens with zero attached hydrogens (tertiary/aromatic N) is 1. The molecule has 0 aromatic heterocycles. The van der Waals surface area contributed by atoms with Gasteiger partial charge in [-0.25, -0.2) is 4.99 Å². The van der Waals surface area contributed by atoms with Crippen LogP contribution in [0.3, 0.4) is 0 Å². The van der Waals surface area contributed by atoms with Gasteiger partial charge in [-0.05, 0) is 106 Å². The third-order valence-electron chi connectivity index (χ3n) is 7.62. The van der Waals surface area contributed by atoms with Gasteiger partial charge >= 0.3 is 0 Å². The normalized spacial score (nSPS) is 16.2. The summed E-state index contributed by atoms with van der Waals surface area (Å²) in [6.07, 6.45) is 5.64. The van der Waals surface area contributed by atoms with E-state index in [2.05, 4.69) is 24.0 Å². The molecule has 0 radical (unpaired) electrons. The van der Waals surface area contributed by atoms with Gasteiger partial charge in [-0.2, -0.15) is 0 Å². The zero-order chi connectivity index (χ0) is 28.0. The average Bonchev–Trinajstić information content (AvgIpc) is 2.91. The van der Waals surface area contributed by atoms with Gasteiger partial charge in [0.1, 0.15) is 28.6 Å². The standard InChI is InChI=1S/C32H41N3O4/c1-21-22(2)30-28(23(3)29(21)36)14-17-32(4,39-30)16-5-6-18-37-26-12-10-24(11-13-26)15-19-38-27-9-7-8-25(20-27)35-31(33)34/h7-13,20,36H,5-6,14-19H2,1-4H3,(H4,33,34,35). The van der Waals surface area contributed by atoms with Gasteiger partial charge in [0.15, 0.2) is 5.96 Å². The molecule has 0 saturated heterocycles. The van der Waals surface area contributed by atoms with Crippen LogP contribution in [0.2, 0.25) is 0 Å². The van der Waals surface area contributed by atoms with Crippen LogP contribution in [0.5, 0.6) is 23.0 Å². The molecule has 39 heavy (non-hydrogen) atoms. The lowest BCUT2D eigenvalue weighted by atomic mass is 9.85. The Balaban J connectivity index is 1.18. The number of phenols is 1. The summed E-state index contributed by atoms with van der Waals surface area (Å²) in [7, 11) is 0. The highest BCUT2D eigenvalue weighted by Crippen LogP contribution is 2.44. The molecule has 3 aromatic carbocycles. The molecule has 0 spiro atoms. The highest BCUT2D eigenvalue weighted by atomic mass is 16.5. The Bertz CT molecular complexity index is 1320. The Morgan fingerprint density at radius 2 is 1.69 bits per heavy atom. The SMILES string of the molecule is Cc1c(C)c2c(c(C)c1O)CCC(C)(CCCCOc1ccc(CCOc3cccc(N=C(N)N)c3)cc1)O2. The van der Waals surface area contributed by atoms with Gasteiger partial charge < -0.3 is 30.8 Å². The Morgan fingerprint density at radius 1 is 0.949 bits per heavy atom. The van der Waals surface area contributed by atoms with E-state index >= 15 is 0 Å². The summed E-state index contributed by atoms with van der Waals surface area (Å²) in [5.41, 5.74) is 16.6. The number of hydrogen-bond donors (Lipinski definition) is 3. The molecule has 7 heteroatoms. The first-order valence-corrected chi connectivity index (χ1v) is 13.7. The summed E-state index contributed by atoms with van der Waals surface area (Å²) >= 11 is 0. The molecule has 4 rings (SSSR count). The van der Waals surface area contributed by atoms with E-state index in [9.17, 15) is 5.11 Å². The van der Waals surface area contributed by atoms with Gasteiger partial charge in [-0.3, -0.25) is 0 Å². The van der Waals surface area contributed by atoms with Crippen LogP contribution in [-0.4, -0.2) is 29.9 Å². The van der Waals surface area contributed by atoms with Crippen LogP contribution in [-0.2, 0) is 12.8 Å². The summed E-state index contributed by atoms with van der Waals surface area (Å²) in [6, 6.07) is 15.6. The Labute approximate surface area is 231 Å². The number of aliphatic imine (C=N–C) groups is 1. The quantitative estimate of drug-likeness (QED) is 0.155. The fraction of sp³-hybridized carbons (Fsp3) is 0.406. The predicted molar refractivity (Wildman–Crippen MR) is 157 cm³/mol. The number of guanidine groups is 1. The summed E-state index contributed by atoms with van der Waals surface area (Å²) in [5.74, 6) is 3.01. The van der Waals surface area contributed by atoms with E-state index in [1.165, 1.54) is 5.56 Å². The van der Waals surface area contributed by atoms with Crippen molar-refractivity contribution >= 4 is 11.6 Å². The number of rotatable bonds is 11. The molecule has 1 unspecified atom stereocenters. The number of phenolic OH excluding ortho intramolecular Hbond substituents is 1. The van der Waals surface area contributed by atoms with Crippen molar-refractivity contribution < 1.29 is 19.3 Å². The van der Waals surface area contributed by atoms with E-state index in [4.69, 9.17) is 25.7 Å². The molecule has 7 nitrogen and oxygen atoms in total. The molecule has 1 heterocycles. The van der Waals surface area contributed by atoms with Crippen molar-refractivity contribution in [2.45, 2.75) is 71.8 Å². The highest BCUT2D eigenvalue weighted by molar-refractivity contribution is 5.79. The van der Waals surface area contributed by atoms with E-state index in [0.29, 0.717) is 24.7 Å². The molecule has 0 amide bonds. The number of nitrogens with two attached hydrogens (primary N) is 2. The molecular weight excluding hydrogens is 490 g/mol. The number of fused-ring (bicyclic) bond motifs is 1. The molecule has 208 valence electrons. The summed E-state index contributed by atoms with van der Waals surface area (Å²) in [5, 5.41) is 10.4. The summed E-state index contributed by atoms with van der Waals surface area (Å²) < 4.78 is 18.4. The van der Waals surface area contributed by atoms with E-state index in [1.54, 1.807) is 0 Å². The van der Waals surface area contributed by atoms with Crippen LogP contribution in [0.1, 0.15) is 60.4 Å². The van der Waals surface area contributed by atoms with Crippen LogP contribution in [0.25, 0.3) is 0 Å². The van der Waals surface area contributed by atoms with Crippen LogP contribution in [0.15, 0.2) is 53.5 Å². The molecule has 0 bridgehead atoms. The lowest BCUT2D eigenvalue weighted by molar-refractivity contribution is 0.0513. The van der Waals surface area contributed by atoms with Crippen LogP contribution in [0.4, 0.5) is 5.69 Å². The van der Waals surface area contributed by atoms with Crippen LogP contribution in [0, 0.1) is 20.8 Å². The zero-order valence-corrected chi connectivity index (χ0v) is 23.5. The second-order valence-corrected chi connectivity index (χ2v) is 10.7. The summed E-state index contributed by atoms with van der Waals surface area (Å²) in [6.45, 7) is 9.42. The van der Waals surface area contributed by atoms with Crippen molar-refractivity contribution in [3.8, 4) is 23.0 Å². The molecule has 1 aliphatic heterocycles. The third-order valence-corrected chi connectivity index (χ3v) is 7.62. The fourth-order valence-electron chi connectivity index (χ4n) is 5.09. The van der Waals surface area contributed by atoms with E-state index in [0.717, 1.165) is 78.0 Å². The summed E-state index contributed by atoms with van der Waals surface area (Å²) in [4.78, 5) is 4.04. The minimum absolute atomic E-state index is 0.0240. The topological polar surface area (TPSA) is 112 Å². The van der Waals surface area contributed by atoms with Crippen LogP contribution < -0.4 is 25.7 Å². The maximum Gasteiger partial charge on any atom is 0.191 e. The highest BCUT2D eigenvalue weighted by Gasteiger charge is 2.34. The zero-order valence-electron chi connectivity index (χ0n) is 23.5. The Kier molecular flexibility index (Phi) is 8.90. The monoisotopic (exact) mass is 531 g/mol. The second-order valence-electron chi connectivity index (χ2n) is 10.7. The molecule has 0 saturated carbocycles. The molecule has 3 aromatic rings. The number of ether oxygens (including phenoxy) is 3. The van der Waals surface area contributed by atoms with E-state index < -0.39 is 0 Å². The van der Waals surface area contributed by atoms with Gasteiger partial charge in [0.25, 0.3) is 0 Å². The molecule has 0 aliphatic carbocycles. The first-order chi connectivity index (χ1) is 18.6. The van der Waals surface area contributed by atoms with Crippen molar-refractivity contribution in [3.63, 3.8) is 0 Å². The van der Waals surface area contributed by atoms with Crippen molar-refractivity contribution in [2.24, 2.45) is 16.5 Å². The van der Waals surface area contributed by atoms with Gasteiger partial charge in [0.2, 0.25) is 0 Å². The van der Waals surface area contributed by atoms with Gasteiger partial charge in [0, 0.05) is 18.1 Å². The predicted octanol–water partition coefficient (Wildman–Crippen LogP) is 6.18. The smallest absolute Gasteiger partial charge is 0.191 e. The van der Waals surface area contributed by atoms with Crippen molar-refractivity contribution in [3.05, 3.63) is 76.3 Å². The number of hydrogen-bond acceptors (Lipinski definition) is 5. The average molecular weight is 532 g/mol. The number of aromatic hydroxyl groups is 1. The lowest BCUT2D eigenvalue weighted by Gasteiger charge is -2.38. The molecule has 1 atom stereocenters. The first-order valence-electron chi connectivity index (χ1n) is 13.7. The van der Waals surface area contributed by atoms with E-state index in [1.807, 2.05) is 57.2 Å². The lowest BCUT2D eigenvalue weighted by Crippen LogP contribution is -2.37. The van der Waals surface area contributed by atoms with Crippen LogP contribution >= 0.6 is 0 Å². The Hall–Kier alpha value is -3.87. The Morgan fingerprint density at radius 3 is 2.44 bits per heavy atom. The van der Waals surface area contributed by atoms with Crippen molar-refractivity contribution in [1.82, 2.24) is 0 Å². The minimum Gasteiger partial charge on any atom is -0.507 e. The van der Waals surface area contributed by atoms with Gasteiger partial charge in [-0.15, -0.1) is 0 Å². The maximum absolute atomic E-state index is 10.4. The first kappa shape index (κ1) is 28.1. The van der Waals surface area contributed by atoms with Crippen molar-refractivity contribution in [2.75, 3.05) is 13.2 Å². The van der Waals surface area contributed by atoms with Crippen molar-refractivity contribution in [1.29, 1.82) is 0 Å². The minimum atomic E-state index is -0.191. The van der Waals surface area contributed by atoms with E-state index in [-0.39, 0.29) is 11.6 Å². The largest absolute Gasteiger partial charge is 0.507 e. The third kappa shape index (κ3) is 7.16. The molecule has 0 fully saturated rings. The van der Waals surface area contributed by atoms with Gasteiger partial charge in [-0.1, -0.05) is 18.2 Å². The number of unbranched alkanes of at least 4 members (excludes halogenated alkanes) is 1. The second kappa shape index (κ2) is 12.3. The molecule has 5 N–H and O–H groups in total. The molecule has 1 aliphatic rings.